The molecule has 0 bridgehead atoms. The number of piperazine rings is 1. The minimum absolute atomic E-state index is 0.0651. The molecule has 0 amide bonds. The largest absolute Gasteiger partial charge is 0.434 e. The maximum absolute atomic E-state index is 13.2. The molecule has 0 saturated carbocycles. The number of aromatic nitrogens is 2. The van der Waals surface area contributed by atoms with E-state index in [0.29, 0.717) is 23.6 Å². The van der Waals surface area contributed by atoms with Crippen LogP contribution in [0.25, 0.3) is 5.70 Å². The van der Waals surface area contributed by atoms with Gasteiger partial charge in [-0.15, -0.1) is 0 Å². The summed E-state index contributed by atoms with van der Waals surface area (Å²) >= 11 is 0. The number of halogens is 3. The summed E-state index contributed by atoms with van der Waals surface area (Å²) in [5.74, 6) is 0.822. The molecule has 34 heavy (non-hydrogen) atoms. The van der Waals surface area contributed by atoms with Crippen molar-refractivity contribution in [2.24, 2.45) is 15.7 Å². The molecule has 1 aromatic heterocycles. The molecule has 0 aromatic carbocycles. The number of aryl methyl sites for hydroxylation is 1. The number of nitrogens with two attached hydrogens (primary N) is 1. The van der Waals surface area contributed by atoms with Crippen molar-refractivity contribution in [1.82, 2.24) is 20.2 Å². The molecule has 182 valence electrons. The predicted octanol–water partition coefficient (Wildman–Crippen LogP) is 2.62. The van der Waals surface area contributed by atoms with E-state index in [1.54, 1.807) is 6.92 Å². The maximum atomic E-state index is 13.2. The molecule has 1 fully saturated rings. The molecule has 0 aliphatic carbocycles. The zero-order valence-electron chi connectivity index (χ0n) is 19.2. The highest BCUT2D eigenvalue weighted by Crippen LogP contribution is 2.31. The smallest absolute Gasteiger partial charge is 0.404 e. The van der Waals surface area contributed by atoms with E-state index in [4.69, 9.17) is 16.1 Å². The minimum Gasteiger partial charge on any atom is -0.404 e. The lowest BCUT2D eigenvalue weighted by Crippen LogP contribution is -2.61. The minimum atomic E-state index is -4.59. The molecular weight excluding hydrogens is 447 g/mol. The molecule has 2 aliphatic heterocycles. The van der Waals surface area contributed by atoms with Gasteiger partial charge < -0.3 is 26.3 Å². The number of alkyl halides is 3. The summed E-state index contributed by atoms with van der Waals surface area (Å²) in [6.07, 6.45) is 1.47. The summed E-state index contributed by atoms with van der Waals surface area (Å²) in [5.41, 5.74) is 6.25. The van der Waals surface area contributed by atoms with Crippen LogP contribution in [0.3, 0.4) is 0 Å². The summed E-state index contributed by atoms with van der Waals surface area (Å²) in [7, 11) is 0. The highest BCUT2D eigenvalue weighted by Gasteiger charge is 2.36. The zero-order chi connectivity index (χ0) is 25.0. The zero-order valence-corrected chi connectivity index (χ0v) is 19.2. The Morgan fingerprint density at radius 3 is 2.71 bits per heavy atom. The van der Waals surface area contributed by atoms with Crippen molar-refractivity contribution in [2.75, 3.05) is 18.0 Å². The van der Waals surface area contributed by atoms with Crippen molar-refractivity contribution >= 4 is 30.7 Å². The van der Waals surface area contributed by atoms with Gasteiger partial charge in [0.05, 0.1) is 18.8 Å². The predicted molar refractivity (Wildman–Crippen MR) is 128 cm³/mol. The Hall–Kier alpha value is -3.54. The van der Waals surface area contributed by atoms with Crippen molar-refractivity contribution in [2.45, 2.75) is 45.1 Å². The van der Waals surface area contributed by atoms with Crippen LogP contribution in [0.4, 0.5) is 19.0 Å². The van der Waals surface area contributed by atoms with Gasteiger partial charge in [0.1, 0.15) is 11.5 Å². The molecule has 12 heteroatoms. The average molecular weight is 476 g/mol. The standard InChI is InChI=1S/C22H28F3N9/c1-13-7-19(34-11-14(2)30-20(15(34)3)16(8-26)9-27)32-21(31-13)17(10-28-4)33-6-5-29-18(12-33)22(23,24)25/h5,7-10,12,14-15,20,26,30H,4,6,11,27H2,1-3H3/b16-9+,17-10-,26-8?. The fourth-order valence-corrected chi connectivity index (χ4v) is 3.99. The number of anilines is 1. The van der Waals surface area contributed by atoms with Crippen molar-refractivity contribution in [3.63, 3.8) is 0 Å². The quantitative estimate of drug-likeness (QED) is 0.545. The summed E-state index contributed by atoms with van der Waals surface area (Å²) < 4.78 is 39.7. The Morgan fingerprint density at radius 2 is 2.09 bits per heavy atom. The van der Waals surface area contributed by atoms with Crippen LogP contribution in [0, 0.1) is 12.3 Å². The van der Waals surface area contributed by atoms with Crippen LogP contribution in [-0.4, -0.2) is 71.4 Å². The Morgan fingerprint density at radius 1 is 1.35 bits per heavy atom. The molecule has 3 heterocycles. The summed E-state index contributed by atoms with van der Waals surface area (Å²) in [6, 6.07) is 1.57. The molecule has 0 spiro atoms. The van der Waals surface area contributed by atoms with E-state index >= 15 is 0 Å². The molecule has 1 saturated heterocycles. The lowest BCUT2D eigenvalue weighted by atomic mass is 9.95. The third kappa shape index (κ3) is 5.33. The number of rotatable bonds is 6. The van der Waals surface area contributed by atoms with Crippen LogP contribution in [-0.2, 0) is 0 Å². The van der Waals surface area contributed by atoms with Crippen LogP contribution >= 0.6 is 0 Å². The lowest BCUT2D eigenvalue weighted by Gasteiger charge is -2.44. The molecule has 3 unspecified atom stereocenters. The molecular formula is C22H28F3N9. The van der Waals surface area contributed by atoms with Crippen LogP contribution in [0.15, 0.2) is 45.9 Å². The first-order valence-corrected chi connectivity index (χ1v) is 10.6. The monoisotopic (exact) mass is 475 g/mol. The lowest BCUT2D eigenvalue weighted by molar-refractivity contribution is -0.0934. The van der Waals surface area contributed by atoms with Crippen molar-refractivity contribution in [3.05, 3.63) is 47.5 Å². The number of nitrogens with one attached hydrogen (secondary N) is 2. The van der Waals surface area contributed by atoms with Gasteiger partial charge in [0.25, 0.3) is 0 Å². The van der Waals surface area contributed by atoms with Gasteiger partial charge in [0.2, 0.25) is 0 Å². The fourth-order valence-electron chi connectivity index (χ4n) is 3.99. The van der Waals surface area contributed by atoms with Crippen LogP contribution in [0.1, 0.15) is 25.4 Å². The number of nitrogens with zero attached hydrogens (tertiary/aromatic N) is 6. The number of hydrogen-bond acceptors (Lipinski definition) is 9. The Balaban J connectivity index is 2.03. The van der Waals surface area contributed by atoms with Crippen LogP contribution < -0.4 is 16.0 Å². The Labute approximate surface area is 196 Å². The topological polar surface area (TPSA) is 119 Å². The van der Waals surface area contributed by atoms with Gasteiger partial charge in [0.15, 0.2) is 11.5 Å². The SMILES string of the molecule is C=N/C=C(/c1nc(C)cc(N2CC(C)NC(/C(C=N)=C/N)C2C)n1)N1C=C(C(F)(F)F)N=CC1. The summed E-state index contributed by atoms with van der Waals surface area (Å²) in [4.78, 5) is 19.8. The normalized spacial score (nSPS) is 24.2. The van der Waals surface area contributed by atoms with E-state index in [0.717, 1.165) is 6.20 Å². The van der Waals surface area contributed by atoms with Crippen molar-refractivity contribution < 1.29 is 13.2 Å². The van der Waals surface area contributed by atoms with Gasteiger partial charge in [-0.1, -0.05) is 0 Å². The molecule has 1 aromatic rings. The molecule has 2 aliphatic rings. The van der Waals surface area contributed by atoms with Gasteiger partial charge in [0, 0.05) is 60.8 Å². The third-order valence-corrected chi connectivity index (χ3v) is 5.59. The molecule has 4 N–H and O–H groups in total. The first-order chi connectivity index (χ1) is 16.1. The van der Waals surface area contributed by atoms with Crippen LogP contribution in [0.5, 0.6) is 0 Å². The van der Waals surface area contributed by atoms with Gasteiger partial charge in [-0.3, -0.25) is 9.98 Å². The summed E-state index contributed by atoms with van der Waals surface area (Å²) in [6.45, 7) is 9.97. The highest BCUT2D eigenvalue weighted by molar-refractivity contribution is 5.78. The second-order valence-corrected chi connectivity index (χ2v) is 8.11. The number of aliphatic imine (C=N–C) groups is 2. The van der Waals surface area contributed by atoms with E-state index in [1.807, 2.05) is 19.9 Å². The van der Waals surface area contributed by atoms with Gasteiger partial charge in [-0.25, -0.2) is 9.97 Å². The second-order valence-electron chi connectivity index (χ2n) is 8.11. The molecule has 3 rings (SSSR count). The first-order valence-electron chi connectivity index (χ1n) is 10.6. The Bertz CT molecular complexity index is 1060. The van der Waals surface area contributed by atoms with E-state index in [9.17, 15) is 13.2 Å². The Kier molecular flexibility index (Phi) is 7.50. The summed E-state index contributed by atoms with van der Waals surface area (Å²) in [5, 5.41) is 11.1. The highest BCUT2D eigenvalue weighted by atomic mass is 19.4. The van der Waals surface area contributed by atoms with Crippen molar-refractivity contribution in [1.29, 1.82) is 5.41 Å². The number of hydrogen-bond donors (Lipinski definition) is 3. The first kappa shape index (κ1) is 25.1. The van der Waals surface area contributed by atoms with E-state index in [1.165, 1.54) is 29.7 Å². The van der Waals surface area contributed by atoms with Gasteiger partial charge in [-0.2, -0.15) is 13.2 Å². The van der Waals surface area contributed by atoms with Gasteiger partial charge >= 0.3 is 6.18 Å². The van der Waals surface area contributed by atoms with Crippen molar-refractivity contribution in [3.8, 4) is 0 Å². The number of allylic oxidation sites excluding steroid dienone is 1. The van der Waals surface area contributed by atoms with E-state index in [2.05, 4.69) is 31.9 Å². The van der Waals surface area contributed by atoms with E-state index < -0.39 is 11.9 Å². The average Bonchev–Trinajstić information content (AvgIpc) is 2.79. The molecule has 0 radical (unpaired) electrons. The third-order valence-electron chi connectivity index (χ3n) is 5.59. The van der Waals surface area contributed by atoms with Crippen LogP contribution in [0.2, 0.25) is 0 Å². The molecule has 9 nitrogen and oxygen atoms in total. The maximum Gasteiger partial charge on any atom is 0.434 e. The molecule has 3 atom stereocenters. The second kappa shape index (κ2) is 10.2. The van der Waals surface area contributed by atoms with Gasteiger partial charge in [-0.05, 0) is 27.5 Å². The van der Waals surface area contributed by atoms with E-state index in [-0.39, 0.29) is 36.2 Å². The fraction of sp³-hybridized carbons (Fsp3) is 0.409.